The highest BCUT2D eigenvalue weighted by Gasteiger charge is 2.08. The third-order valence-electron chi connectivity index (χ3n) is 2.19. The Balaban J connectivity index is 2.70. The van der Waals surface area contributed by atoms with Gasteiger partial charge in [0, 0.05) is 5.39 Å². The lowest BCUT2D eigenvalue weighted by Crippen LogP contribution is -1.88. The van der Waals surface area contributed by atoms with Gasteiger partial charge in [0.1, 0.15) is 0 Å². The van der Waals surface area contributed by atoms with Crippen molar-refractivity contribution in [3.05, 3.63) is 35.8 Å². The van der Waals surface area contributed by atoms with Crippen molar-refractivity contribution in [3.8, 4) is 0 Å². The minimum atomic E-state index is -0.272. The van der Waals surface area contributed by atoms with Gasteiger partial charge < -0.3 is 4.42 Å². The number of hydrogen-bond acceptors (Lipinski definition) is 1. The standard InChI is InChI=1S/C11H11FO/c1-7(2)9-5-8-3-4-13-11(8)10(12)6-9/h3-7H,1-2H3. The van der Waals surface area contributed by atoms with Crippen LogP contribution in [0.5, 0.6) is 0 Å². The average Bonchev–Trinajstić information content (AvgIpc) is 2.51. The SMILES string of the molecule is CC(C)c1cc(F)c2occc2c1. The Morgan fingerprint density at radius 1 is 1.31 bits per heavy atom. The van der Waals surface area contributed by atoms with Crippen molar-refractivity contribution < 1.29 is 8.81 Å². The third kappa shape index (κ3) is 1.32. The van der Waals surface area contributed by atoms with Gasteiger partial charge in [-0.1, -0.05) is 13.8 Å². The summed E-state index contributed by atoms with van der Waals surface area (Å²) in [6.07, 6.45) is 1.51. The second-order valence-electron chi connectivity index (χ2n) is 3.50. The maximum absolute atomic E-state index is 13.3. The molecule has 1 nitrogen and oxygen atoms in total. The molecule has 0 N–H and O–H groups in total. The van der Waals surface area contributed by atoms with Crippen molar-refractivity contribution in [2.24, 2.45) is 0 Å². The van der Waals surface area contributed by atoms with Crippen LogP contribution in [0.1, 0.15) is 25.3 Å². The largest absolute Gasteiger partial charge is 0.461 e. The highest BCUT2D eigenvalue weighted by Crippen LogP contribution is 2.24. The van der Waals surface area contributed by atoms with Gasteiger partial charge in [0.25, 0.3) is 0 Å². The van der Waals surface area contributed by atoms with Crippen molar-refractivity contribution >= 4 is 11.0 Å². The molecule has 0 fully saturated rings. The van der Waals surface area contributed by atoms with E-state index in [9.17, 15) is 4.39 Å². The Morgan fingerprint density at radius 2 is 2.08 bits per heavy atom. The first-order valence-electron chi connectivity index (χ1n) is 4.35. The van der Waals surface area contributed by atoms with Crippen LogP contribution in [-0.2, 0) is 0 Å². The Bertz CT molecular complexity index is 429. The summed E-state index contributed by atoms with van der Waals surface area (Å²) >= 11 is 0. The number of hydrogen-bond donors (Lipinski definition) is 0. The molecule has 0 bridgehead atoms. The topological polar surface area (TPSA) is 13.1 Å². The molecule has 0 aliphatic carbocycles. The maximum atomic E-state index is 13.3. The summed E-state index contributed by atoms with van der Waals surface area (Å²) in [7, 11) is 0. The zero-order chi connectivity index (χ0) is 9.42. The molecule has 68 valence electrons. The third-order valence-corrected chi connectivity index (χ3v) is 2.19. The van der Waals surface area contributed by atoms with Gasteiger partial charge in [0.05, 0.1) is 6.26 Å². The summed E-state index contributed by atoms with van der Waals surface area (Å²) in [4.78, 5) is 0. The fourth-order valence-corrected chi connectivity index (χ4v) is 1.39. The molecule has 2 aromatic rings. The van der Waals surface area contributed by atoms with Gasteiger partial charge in [-0.3, -0.25) is 0 Å². The van der Waals surface area contributed by atoms with E-state index in [1.807, 2.05) is 19.9 Å². The first kappa shape index (κ1) is 8.30. The predicted octanol–water partition coefficient (Wildman–Crippen LogP) is 3.70. The van der Waals surface area contributed by atoms with Crippen LogP contribution in [0.15, 0.2) is 28.9 Å². The van der Waals surface area contributed by atoms with Crippen LogP contribution >= 0.6 is 0 Å². The molecule has 0 radical (unpaired) electrons. The van der Waals surface area contributed by atoms with Crippen LogP contribution in [0.3, 0.4) is 0 Å². The average molecular weight is 178 g/mol. The highest BCUT2D eigenvalue weighted by atomic mass is 19.1. The highest BCUT2D eigenvalue weighted by molar-refractivity contribution is 5.78. The molecule has 0 atom stereocenters. The summed E-state index contributed by atoms with van der Waals surface area (Å²) in [6.45, 7) is 4.08. The number of benzene rings is 1. The van der Waals surface area contributed by atoms with Crippen LogP contribution in [0.2, 0.25) is 0 Å². The molecule has 1 heterocycles. The van der Waals surface area contributed by atoms with Crippen LogP contribution in [-0.4, -0.2) is 0 Å². The lowest BCUT2D eigenvalue weighted by atomic mass is 10.0. The predicted molar refractivity (Wildman–Crippen MR) is 50.3 cm³/mol. The Hall–Kier alpha value is -1.31. The summed E-state index contributed by atoms with van der Waals surface area (Å²) in [5.41, 5.74) is 1.36. The molecule has 1 aromatic heterocycles. The molecule has 1 aromatic carbocycles. The normalized spacial score (nSPS) is 11.4. The smallest absolute Gasteiger partial charge is 0.169 e. The van der Waals surface area contributed by atoms with Crippen molar-refractivity contribution in [3.63, 3.8) is 0 Å². The monoisotopic (exact) mass is 178 g/mol. The molecule has 0 aliphatic rings. The second-order valence-corrected chi connectivity index (χ2v) is 3.50. The van der Waals surface area contributed by atoms with E-state index in [2.05, 4.69) is 0 Å². The van der Waals surface area contributed by atoms with E-state index in [1.54, 1.807) is 6.07 Å². The zero-order valence-corrected chi connectivity index (χ0v) is 7.67. The summed E-state index contributed by atoms with van der Waals surface area (Å²) in [5, 5.41) is 0.837. The Kier molecular flexibility index (Phi) is 1.83. The van der Waals surface area contributed by atoms with E-state index < -0.39 is 0 Å². The van der Waals surface area contributed by atoms with Crippen molar-refractivity contribution in [2.75, 3.05) is 0 Å². The summed E-state index contributed by atoms with van der Waals surface area (Å²) in [5.74, 6) is 0.0694. The minimum absolute atomic E-state index is 0.272. The fourth-order valence-electron chi connectivity index (χ4n) is 1.39. The molecule has 0 amide bonds. The van der Waals surface area contributed by atoms with Crippen molar-refractivity contribution in [1.29, 1.82) is 0 Å². The van der Waals surface area contributed by atoms with E-state index in [-0.39, 0.29) is 5.82 Å². The summed E-state index contributed by atoms with van der Waals surface area (Å²) < 4.78 is 18.4. The van der Waals surface area contributed by atoms with Crippen LogP contribution in [0.25, 0.3) is 11.0 Å². The molecule has 0 aliphatic heterocycles. The molecular weight excluding hydrogens is 167 g/mol. The fraction of sp³-hybridized carbons (Fsp3) is 0.273. The van der Waals surface area contributed by atoms with E-state index in [0.717, 1.165) is 10.9 Å². The number of rotatable bonds is 1. The van der Waals surface area contributed by atoms with Gasteiger partial charge in [-0.05, 0) is 29.7 Å². The van der Waals surface area contributed by atoms with Gasteiger partial charge in [-0.25, -0.2) is 4.39 Å². The quantitative estimate of drug-likeness (QED) is 0.649. The Labute approximate surface area is 76.2 Å². The van der Waals surface area contributed by atoms with Crippen LogP contribution in [0.4, 0.5) is 4.39 Å². The molecule has 2 rings (SSSR count). The molecule has 13 heavy (non-hydrogen) atoms. The van der Waals surface area contributed by atoms with Gasteiger partial charge in [0.15, 0.2) is 11.4 Å². The maximum Gasteiger partial charge on any atom is 0.169 e. The molecule has 0 unspecified atom stereocenters. The lowest BCUT2D eigenvalue weighted by molar-refractivity contribution is 0.558. The number of halogens is 1. The van der Waals surface area contributed by atoms with Gasteiger partial charge in [-0.2, -0.15) is 0 Å². The molecule has 0 saturated carbocycles. The van der Waals surface area contributed by atoms with Crippen molar-refractivity contribution in [2.45, 2.75) is 19.8 Å². The molecule has 2 heteroatoms. The summed E-state index contributed by atoms with van der Waals surface area (Å²) in [6, 6.07) is 5.29. The van der Waals surface area contributed by atoms with Gasteiger partial charge in [0.2, 0.25) is 0 Å². The van der Waals surface area contributed by atoms with Crippen LogP contribution < -0.4 is 0 Å². The minimum Gasteiger partial charge on any atom is -0.461 e. The first-order chi connectivity index (χ1) is 6.18. The van der Waals surface area contributed by atoms with E-state index in [4.69, 9.17) is 4.42 Å². The lowest BCUT2D eigenvalue weighted by Gasteiger charge is -2.04. The molecule has 0 saturated heterocycles. The number of fused-ring (bicyclic) bond motifs is 1. The van der Waals surface area contributed by atoms with E-state index in [0.29, 0.717) is 11.5 Å². The second kappa shape index (κ2) is 2.87. The van der Waals surface area contributed by atoms with Gasteiger partial charge >= 0.3 is 0 Å². The van der Waals surface area contributed by atoms with Crippen LogP contribution in [0, 0.1) is 5.82 Å². The number of furan rings is 1. The molecular formula is C11H11FO. The zero-order valence-electron chi connectivity index (χ0n) is 7.67. The van der Waals surface area contributed by atoms with E-state index >= 15 is 0 Å². The Morgan fingerprint density at radius 3 is 2.77 bits per heavy atom. The first-order valence-corrected chi connectivity index (χ1v) is 4.35. The van der Waals surface area contributed by atoms with Crippen molar-refractivity contribution in [1.82, 2.24) is 0 Å². The van der Waals surface area contributed by atoms with Gasteiger partial charge in [-0.15, -0.1) is 0 Å². The molecule has 0 spiro atoms. The van der Waals surface area contributed by atoms with E-state index in [1.165, 1.54) is 12.3 Å².